The molecule has 0 unspecified atom stereocenters. The third kappa shape index (κ3) is 3.12. The highest BCUT2D eigenvalue weighted by Gasteiger charge is 2.46. The number of aryl methyl sites for hydroxylation is 1. The van der Waals surface area contributed by atoms with E-state index >= 15 is 0 Å². The number of pyridine rings is 1. The molecule has 4 rings (SSSR count). The minimum absolute atomic E-state index is 0.0740. The van der Waals surface area contributed by atoms with Crippen LogP contribution in [-0.2, 0) is 28.2 Å². The van der Waals surface area contributed by atoms with E-state index in [1.54, 1.807) is 13.2 Å². The Hall–Kier alpha value is -2.25. The first-order valence-electron chi connectivity index (χ1n) is 9.15. The molecular weight excluding hydrogens is 330 g/mol. The van der Waals surface area contributed by atoms with Crippen molar-refractivity contribution in [3.8, 4) is 0 Å². The maximum absolute atomic E-state index is 12.2. The second kappa shape index (κ2) is 6.81. The molecule has 1 amide bonds. The van der Waals surface area contributed by atoms with E-state index in [4.69, 9.17) is 4.74 Å². The third-order valence-corrected chi connectivity index (χ3v) is 5.39. The number of rotatable bonds is 3. The van der Waals surface area contributed by atoms with Crippen LogP contribution in [0.15, 0.2) is 30.6 Å². The lowest BCUT2D eigenvalue weighted by Gasteiger charge is -2.45. The second-order valence-electron chi connectivity index (χ2n) is 7.16. The Morgan fingerprint density at radius 1 is 1.38 bits per heavy atom. The van der Waals surface area contributed by atoms with Gasteiger partial charge in [0.25, 0.3) is 5.91 Å². The van der Waals surface area contributed by atoms with Crippen molar-refractivity contribution >= 4 is 5.91 Å². The van der Waals surface area contributed by atoms with Crippen LogP contribution in [-0.4, -0.2) is 51.6 Å². The van der Waals surface area contributed by atoms with Crippen molar-refractivity contribution in [2.24, 2.45) is 0 Å². The summed E-state index contributed by atoms with van der Waals surface area (Å²) in [4.78, 5) is 23.7. The molecular formula is C19H25N5O2. The Labute approximate surface area is 153 Å². The van der Waals surface area contributed by atoms with Crippen LogP contribution in [0.3, 0.4) is 0 Å². The second-order valence-corrected chi connectivity index (χ2v) is 7.16. The number of hydrogen-bond donors (Lipinski definition) is 1. The Kier molecular flexibility index (Phi) is 4.50. The van der Waals surface area contributed by atoms with Gasteiger partial charge in [0.2, 0.25) is 0 Å². The van der Waals surface area contributed by atoms with Crippen molar-refractivity contribution in [2.45, 2.75) is 44.6 Å². The van der Waals surface area contributed by atoms with Crippen LogP contribution in [0.2, 0.25) is 0 Å². The Morgan fingerprint density at radius 3 is 2.92 bits per heavy atom. The van der Waals surface area contributed by atoms with Gasteiger partial charge < -0.3 is 14.6 Å². The van der Waals surface area contributed by atoms with Gasteiger partial charge in [0, 0.05) is 44.8 Å². The molecule has 2 aliphatic rings. The van der Waals surface area contributed by atoms with Gasteiger partial charge in [-0.15, -0.1) is 0 Å². The molecule has 2 aliphatic heterocycles. The number of imidazole rings is 1. The lowest BCUT2D eigenvalue weighted by atomic mass is 9.88. The molecule has 138 valence electrons. The van der Waals surface area contributed by atoms with E-state index in [0.29, 0.717) is 6.54 Å². The first-order valence-corrected chi connectivity index (χ1v) is 9.15. The van der Waals surface area contributed by atoms with Crippen molar-refractivity contribution in [1.29, 1.82) is 0 Å². The lowest BCUT2D eigenvalue weighted by Crippen LogP contribution is -2.53. The Balaban J connectivity index is 1.49. The van der Waals surface area contributed by atoms with Gasteiger partial charge in [-0.1, -0.05) is 6.07 Å². The number of carbonyl (C=O) groups excluding carboxylic acids is 1. The normalized spacial score (nSPS) is 22.2. The van der Waals surface area contributed by atoms with Gasteiger partial charge in [-0.25, -0.2) is 4.98 Å². The molecule has 4 heterocycles. The number of carbonyl (C=O) groups is 1. The molecule has 0 aliphatic carbocycles. The Bertz CT molecular complexity index is 795. The van der Waals surface area contributed by atoms with Crippen molar-refractivity contribution < 1.29 is 9.53 Å². The number of likely N-dealkylation sites (tertiary alicyclic amines) is 1. The maximum Gasteiger partial charge on any atom is 0.250 e. The van der Waals surface area contributed by atoms with E-state index in [-0.39, 0.29) is 5.91 Å². The smallest absolute Gasteiger partial charge is 0.250 e. The van der Waals surface area contributed by atoms with Gasteiger partial charge in [-0.05, 0) is 31.9 Å². The fraction of sp³-hybridized carbons (Fsp3) is 0.526. The molecule has 0 aromatic carbocycles. The minimum atomic E-state index is -0.477. The molecule has 1 spiro atoms. The summed E-state index contributed by atoms with van der Waals surface area (Å²) in [7, 11) is 1.65. The van der Waals surface area contributed by atoms with Gasteiger partial charge >= 0.3 is 0 Å². The number of ether oxygens (including phenoxy) is 1. The van der Waals surface area contributed by atoms with E-state index in [2.05, 4.69) is 36.9 Å². The van der Waals surface area contributed by atoms with Gasteiger partial charge in [0.05, 0.1) is 12.2 Å². The van der Waals surface area contributed by atoms with Crippen LogP contribution >= 0.6 is 0 Å². The highest BCUT2D eigenvalue weighted by molar-refractivity contribution is 5.80. The largest absolute Gasteiger partial charge is 0.357 e. The molecule has 7 nitrogen and oxygen atoms in total. The van der Waals surface area contributed by atoms with Crippen LogP contribution < -0.4 is 5.32 Å². The molecule has 2 aromatic heterocycles. The number of likely N-dealkylation sites (N-methyl/N-ethyl adjacent to an activating group) is 1. The number of hydrogen-bond acceptors (Lipinski definition) is 5. The van der Waals surface area contributed by atoms with Crippen LogP contribution in [0.25, 0.3) is 0 Å². The third-order valence-electron chi connectivity index (χ3n) is 5.39. The van der Waals surface area contributed by atoms with Crippen LogP contribution in [0.5, 0.6) is 0 Å². The number of fused-ring (bicyclic) bond motifs is 2. The van der Waals surface area contributed by atoms with E-state index in [1.807, 2.05) is 19.2 Å². The number of piperidine rings is 1. The van der Waals surface area contributed by atoms with Crippen molar-refractivity contribution in [3.05, 3.63) is 47.8 Å². The summed E-state index contributed by atoms with van der Waals surface area (Å²) >= 11 is 0. The fourth-order valence-electron chi connectivity index (χ4n) is 4.02. The van der Waals surface area contributed by atoms with Gasteiger partial charge in [-0.3, -0.25) is 14.7 Å². The molecule has 7 heteroatoms. The zero-order chi connectivity index (χ0) is 18.1. The van der Waals surface area contributed by atoms with E-state index in [1.165, 1.54) is 0 Å². The summed E-state index contributed by atoms with van der Waals surface area (Å²) in [6.07, 6.45) is 4.92. The minimum Gasteiger partial charge on any atom is -0.357 e. The average Bonchev–Trinajstić information content (AvgIpc) is 3.13. The summed E-state index contributed by atoms with van der Waals surface area (Å²) < 4.78 is 8.40. The average molecular weight is 355 g/mol. The highest BCUT2D eigenvalue weighted by Crippen LogP contribution is 2.40. The zero-order valence-corrected chi connectivity index (χ0v) is 15.3. The summed E-state index contributed by atoms with van der Waals surface area (Å²) in [6, 6.07) is 6.14. The SMILES string of the molecule is CNC(=O)[C@@H]1Cn2ccnc2C2(CCN(Cc3cccc(C)n3)CC2)O1. The summed E-state index contributed by atoms with van der Waals surface area (Å²) in [6.45, 7) is 5.16. The molecule has 26 heavy (non-hydrogen) atoms. The first-order chi connectivity index (χ1) is 12.6. The number of nitrogens with zero attached hydrogens (tertiary/aromatic N) is 4. The maximum atomic E-state index is 12.2. The van der Waals surface area contributed by atoms with Crippen molar-refractivity contribution in [1.82, 2.24) is 24.8 Å². The van der Waals surface area contributed by atoms with Crippen molar-refractivity contribution in [2.75, 3.05) is 20.1 Å². The van der Waals surface area contributed by atoms with E-state index in [9.17, 15) is 4.79 Å². The lowest BCUT2D eigenvalue weighted by molar-refractivity contribution is -0.173. The molecule has 1 saturated heterocycles. The summed E-state index contributed by atoms with van der Waals surface area (Å²) in [5, 5.41) is 2.71. The Morgan fingerprint density at radius 2 is 2.19 bits per heavy atom. The number of amides is 1. The fourth-order valence-corrected chi connectivity index (χ4v) is 4.02. The molecule has 1 atom stereocenters. The standard InChI is InChI=1S/C19H25N5O2/c1-14-4-3-5-15(22-14)12-23-9-6-19(7-10-23)18-21-8-11-24(18)13-16(26-19)17(25)20-2/h3-5,8,11,16H,6-7,9-10,12-13H2,1-2H3,(H,20,25)/t16-/m0/s1. The van der Waals surface area contributed by atoms with Gasteiger partial charge in [0.15, 0.2) is 6.10 Å². The monoisotopic (exact) mass is 355 g/mol. The van der Waals surface area contributed by atoms with E-state index in [0.717, 1.165) is 49.7 Å². The molecule has 2 aromatic rings. The predicted octanol–water partition coefficient (Wildman–Crippen LogP) is 1.22. The highest BCUT2D eigenvalue weighted by atomic mass is 16.5. The van der Waals surface area contributed by atoms with Gasteiger partial charge in [-0.2, -0.15) is 0 Å². The molecule has 0 radical (unpaired) electrons. The summed E-state index contributed by atoms with van der Waals surface area (Å²) in [5.74, 6) is 0.876. The first kappa shape index (κ1) is 17.2. The number of nitrogens with one attached hydrogen (secondary N) is 1. The predicted molar refractivity (Wildman–Crippen MR) is 96.3 cm³/mol. The topological polar surface area (TPSA) is 72.3 Å². The quantitative estimate of drug-likeness (QED) is 0.896. The van der Waals surface area contributed by atoms with Crippen LogP contribution in [0.1, 0.15) is 30.1 Å². The molecule has 1 N–H and O–H groups in total. The number of aromatic nitrogens is 3. The summed E-state index contributed by atoms with van der Waals surface area (Å²) in [5.41, 5.74) is 1.66. The zero-order valence-electron chi connectivity index (χ0n) is 15.3. The molecule has 0 saturated carbocycles. The van der Waals surface area contributed by atoms with Crippen molar-refractivity contribution in [3.63, 3.8) is 0 Å². The molecule has 0 bridgehead atoms. The van der Waals surface area contributed by atoms with Crippen LogP contribution in [0, 0.1) is 6.92 Å². The van der Waals surface area contributed by atoms with E-state index < -0.39 is 11.7 Å². The van der Waals surface area contributed by atoms with Crippen LogP contribution in [0.4, 0.5) is 0 Å². The van der Waals surface area contributed by atoms with Gasteiger partial charge in [0.1, 0.15) is 11.4 Å². The molecule has 1 fully saturated rings.